The molecule has 3 rings (SSSR count). The summed E-state index contributed by atoms with van der Waals surface area (Å²) in [6.45, 7) is 6.08. The fourth-order valence-corrected chi connectivity index (χ4v) is 3.44. The van der Waals surface area contributed by atoms with Crippen molar-refractivity contribution in [3.8, 4) is 0 Å². The summed E-state index contributed by atoms with van der Waals surface area (Å²) in [5.74, 6) is 0.789. The Bertz CT molecular complexity index is 650. The lowest BCUT2D eigenvalue weighted by Crippen LogP contribution is -2.44. The van der Waals surface area contributed by atoms with Gasteiger partial charge < -0.3 is 15.5 Å². The van der Waals surface area contributed by atoms with Crippen LogP contribution in [0.15, 0.2) is 35.7 Å². The Kier molecular flexibility index (Phi) is 11.4. The number of carbonyl (C=O) groups excluding carboxylic acids is 1. The third-order valence-electron chi connectivity index (χ3n) is 4.13. The Hall–Kier alpha value is -1.32. The molecule has 0 saturated carbocycles. The molecule has 10 heteroatoms. The van der Waals surface area contributed by atoms with Crippen LogP contribution in [0.2, 0.25) is 0 Å². The minimum Gasteiger partial charge on any atom is -0.352 e. The number of carbonyl (C=O) groups is 1. The van der Waals surface area contributed by atoms with Gasteiger partial charge in [0.15, 0.2) is 5.16 Å². The van der Waals surface area contributed by atoms with Gasteiger partial charge in [-0.1, -0.05) is 23.9 Å². The first-order valence-corrected chi connectivity index (χ1v) is 9.58. The van der Waals surface area contributed by atoms with Gasteiger partial charge in [0.1, 0.15) is 6.33 Å². The number of hydrogen-bond acceptors (Lipinski definition) is 6. The first-order chi connectivity index (χ1) is 12.3. The fourth-order valence-electron chi connectivity index (χ4n) is 2.71. The molecule has 1 fully saturated rings. The number of aromatic nitrogens is 3. The molecule has 1 aliphatic rings. The van der Waals surface area contributed by atoms with Gasteiger partial charge in [0.2, 0.25) is 0 Å². The van der Waals surface area contributed by atoms with Crippen LogP contribution in [0.3, 0.4) is 0 Å². The molecule has 1 saturated heterocycles. The maximum absolute atomic E-state index is 12.2. The molecule has 0 spiro atoms. The van der Waals surface area contributed by atoms with E-state index < -0.39 is 0 Å². The lowest BCUT2D eigenvalue weighted by molar-refractivity contribution is 0.0951. The number of benzene rings is 1. The highest BCUT2D eigenvalue weighted by Gasteiger charge is 2.09. The Morgan fingerprint density at radius 1 is 1.19 bits per heavy atom. The SMILES string of the molecule is Cl.Cl.O=C(NCCCN1CCNCC1)c1ccc(CSc2ncn[nH]2)cc1. The summed E-state index contributed by atoms with van der Waals surface area (Å²) in [4.78, 5) is 18.7. The summed E-state index contributed by atoms with van der Waals surface area (Å²) in [6.07, 6.45) is 2.48. The van der Waals surface area contributed by atoms with Gasteiger partial charge >= 0.3 is 0 Å². The third-order valence-corrected chi connectivity index (χ3v) is 5.08. The molecule has 3 N–H and O–H groups in total. The smallest absolute Gasteiger partial charge is 0.251 e. The van der Waals surface area contributed by atoms with Gasteiger partial charge in [-0.15, -0.1) is 24.8 Å². The molecule has 2 heterocycles. The van der Waals surface area contributed by atoms with Crippen LogP contribution in [-0.4, -0.2) is 65.3 Å². The average Bonchev–Trinajstić information content (AvgIpc) is 3.18. The van der Waals surface area contributed by atoms with Crippen molar-refractivity contribution in [2.75, 3.05) is 39.3 Å². The van der Waals surface area contributed by atoms with Crippen LogP contribution in [0.25, 0.3) is 0 Å². The number of rotatable bonds is 8. The van der Waals surface area contributed by atoms with Crippen molar-refractivity contribution >= 4 is 42.5 Å². The van der Waals surface area contributed by atoms with E-state index in [-0.39, 0.29) is 30.7 Å². The second-order valence-electron chi connectivity index (χ2n) is 5.98. The molecular formula is C17H26Cl2N6OS. The van der Waals surface area contributed by atoms with Gasteiger partial charge in [-0.3, -0.25) is 9.89 Å². The predicted octanol–water partition coefficient (Wildman–Crippen LogP) is 1.97. The highest BCUT2D eigenvalue weighted by Crippen LogP contribution is 2.18. The largest absolute Gasteiger partial charge is 0.352 e. The van der Waals surface area contributed by atoms with Crippen LogP contribution < -0.4 is 10.6 Å². The molecule has 0 unspecified atom stereocenters. The third kappa shape index (κ3) is 8.06. The number of amides is 1. The lowest BCUT2D eigenvalue weighted by Gasteiger charge is -2.27. The highest BCUT2D eigenvalue weighted by atomic mass is 35.5. The van der Waals surface area contributed by atoms with E-state index in [1.54, 1.807) is 11.8 Å². The highest BCUT2D eigenvalue weighted by molar-refractivity contribution is 7.98. The number of H-pyrrole nitrogens is 1. The molecule has 0 atom stereocenters. The van der Waals surface area contributed by atoms with Crippen molar-refractivity contribution in [3.05, 3.63) is 41.7 Å². The molecule has 1 aromatic carbocycles. The normalized spacial score (nSPS) is 14.1. The molecule has 1 amide bonds. The number of piperazine rings is 1. The first-order valence-electron chi connectivity index (χ1n) is 8.59. The molecule has 2 aromatic rings. The van der Waals surface area contributed by atoms with Crippen molar-refractivity contribution in [3.63, 3.8) is 0 Å². The summed E-state index contributed by atoms with van der Waals surface area (Å²) >= 11 is 1.59. The van der Waals surface area contributed by atoms with Crippen LogP contribution in [0.1, 0.15) is 22.3 Å². The first kappa shape index (κ1) is 23.7. The number of nitrogens with one attached hydrogen (secondary N) is 3. The topological polar surface area (TPSA) is 85.9 Å². The van der Waals surface area contributed by atoms with E-state index in [9.17, 15) is 4.79 Å². The number of halogens is 2. The van der Waals surface area contributed by atoms with Crippen molar-refractivity contribution < 1.29 is 4.79 Å². The molecule has 0 aliphatic carbocycles. The van der Waals surface area contributed by atoms with E-state index >= 15 is 0 Å². The van der Waals surface area contributed by atoms with E-state index in [0.29, 0.717) is 12.1 Å². The van der Waals surface area contributed by atoms with E-state index in [4.69, 9.17) is 0 Å². The van der Waals surface area contributed by atoms with Crippen molar-refractivity contribution in [1.29, 1.82) is 0 Å². The second kappa shape index (κ2) is 13.0. The fraction of sp³-hybridized carbons (Fsp3) is 0.471. The van der Waals surface area contributed by atoms with E-state index in [1.807, 2.05) is 24.3 Å². The van der Waals surface area contributed by atoms with Crippen LogP contribution in [0.4, 0.5) is 0 Å². The monoisotopic (exact) mass is 432 g/mol. The number of aromatic amines is 1. The summed E-state index contributed by atoms with van der Waals surface area (Å²) in [5, 5.41) is 13.8. The van der Waals surface area contributed by atoms with Gasteiger partial charge in [0, 0.05) is 44.0 Å². The molecule has 7 nitrogen and oxygen atoms in total. The molecule has 1 aromatic heterocycles. The summed E-state index contributed by atoms with van der Waals surface area (Å²) in [7, 11) is 0. The summed E-state index contributed by atoms with van der Waals surface area (Å²) in [6, 6.07) is 7.72. The van der Waals surface area contributed by atoms with Gasteiger partial charge in [0.05, 0.1) is 0 Å². The van der Waals surface area contributed by atoms with Crippen molar-refractivity contribution in [2.45, 2.75) is 17.3 Å². The van der Waals surface area contributed by atoms with Gasteiger partial charge in [0.25, 0.3) is 5.91 Å². The Labute approximate surface area is 176 Å². The molecular weight excluding hydrogens is 407 g/mol. The van der Waals surface area contributed by atoms with Gasteiger partial charge in [-0.2, -0.15) is 5.10 Å². The summed E-state index contributed by atoms with van der Waals surface area (Å²) < 4.78 is 0. The zero-order valence-electron chi connectivity index (χ0n) is 15.0. The average molecular weight is 433 g/mol. The lowest BCUT2D eigenvalue weighted by atomic mass is 10.1. The number of thioether (sulfide) groups is 1. The standard InChI is InChI=1S/C17H24N6OS.2ClH/c24-16(19-6-1-9-23-10-7-18-8-11-23)15-4-2-14(3-5-15)12-25-17-20-13-21-22-17;;/h2-5,13,18H,1,6-12H2,(H,19,24)(H,20,21,22);2*1H. The quantitative estimate of drug-likeness (QED) is 0.436. The van der Waals surface area contributed by atoms with Gasteiger partial charge in [-0.05, 0) is 30.7 Å². The molecule has 1 aliphatic heterocycles. The number of hydrogen-bond donors (Lipinski definition) is 3. The minimum absolute atomic E-state index is 0. The van der Waals surface area contributed by atoms with Crippen LogP contribution >= 0.6 is 36.6 Å². The van der Waals surface area contributed by atoms with E-state index in [1.165, 1.54) is 6.33 Å². The van der Waals surface area contributed by atoms with Crippen LogP contribution in [-0.2, 0) is 5.75 Å². The van der Waals surface area contributed by atoms with Crippen LogP contribution in [0.5, 0.6) is 0 Å². The van der Waals surface area contributed by atoms with Crippen molar-refractivity contribution in [1.82, 2.24) is 30.7 Å². The predicted molar refractivity (Wildman–Crippen MR) is 113 cm³/mol. The maximum atomic E-state index is 12.2. The maximum Gasteiger partial charge on any atom is 0.251 e. The molecule has 27 heavy (non-hydrogen) atoms. The number of nitrogens with zero attached hydrogens (tertiary/aromatic N) is 3. The Balaban J connectivity index is 0.00000182. The Morgan fingerprint density at radius 3 is 2.59 bits per heavy atom. The second-order valence-corrected chi connectivity index (χ2v) is 6.94. The minimum atomic E-state index is -0.00486. The Morgan fingerprint density at radius 2 is 1.93 bits per heavy atom. The summed E-state index contributed by atoms with van der Waals surface area (Å²) in [5.41, 5.74) is 1.85. The molecule has 0 radical (unpaired) electrons. The zero-order valence-corrected chi connectivity index (χ0v) is 17.5. The van der Waals surface area contributed by atoms with Crippen molar-refractivity contribution in [2.24, 2.45) is 0 Å². The zero-order chi connectivity index (χ0) is 17.3. The van der Waals surface area contributed by atoms with E-state index in [2.05, 4.69) is 30.7 Å². The van der Waals surface area contributed by atoms with Gasteiger partial charge in [-0.25, -0.2) is 4.98 Å². The molecule has 150 valence electrons. The van der Waals surface area contributed by atoms with E-state index in [0.717, 1.165) is 55.6 Å². The molecule has 0 bridgehead atoms. The van der Waals surface area contributed by atoms with Crippen LogP contribution in [0, 0.1) is 0 Å².